The van der Waals surface area contributed by atoms with Crippen molar-refractivity contribution in [2.24, 2.45) is 23.2 Å². The van der Waals surface area contributed by atoms with Gasteiger partial charge in [0, 0.05) is 23.3 Å². The Bertz CT molecular complexity index is 1240. The maximum atomic E-state index is 13.4. The van der Waals surface area contributed by atoms with Gasteiger partial charge in [-0.3, -0.25) is 4.79 Å². The second-order valence-corrected chi connectivity index (χ2v) is 13.1. The molecule has 0 atom stereocenters. The van der Waals surface area contributed by atoms with E-state index in [0.717, 1.165) is 35.7 Å². The number of aryl methyl sites for hydroxylation is 3. The van der Waals surface area contributed by atoms with Gasteiger partial charge in [-0.15, -0.1) is 0 Å². The number of rotatable bonds is 8. The number of carbonyl (C=O) groups excluding carboxylic acids is 1. The largest absolute Gasteiger partial charge is 1.00 e. The molecule has 3 aromatic rings. The Morgan fingerprint density at radius 2 is 1.56 bits per heavy atom. The van der Waals surface area contributed by atoms with Crippen molar-refractivity contribution < 1.29 is 26.3 Å². The first kappa shape index (κ1) is 24.7. The van der Waals surface area contributed by atoms with Gasteiger partial charge in [0.25, 0.3) is 0 Å². The zero-order valence-electron chi connectivity index (χ0n) is 21.1. The van der Waals surface area contributed by atoms with Gasteiger partial charge < -0.3 is 17.0 Å². The molecule has 188 valence electrons. The Morgan fingerprint density at radius 1 is 0.889 bits per heavy atom. The molecule has 0 radical (unpaired) electrons. The normalized spacial score (nSPS) is 27.4. The highest BCUT2D eigenvalue weighted by atomic mass is 79.9. The monoisotopic (exact) mass is 561 g/mol. The fourth-order valence-electron chi connectivity index (χ4n) is 8.35. The summed E-state index contributed by atoms with van der Waals surface area (Å²) in [5.41, 5.74) is 5.93. The number of pyridine rings is 1. The van der Waals surface area contributed by atoms with Crippen molar-refractivity contribution in [1.29, 1.82) is 0 Å². The number of thioether (sulfide) groups is 1. The van der Waals surface area contributed by atoms with E-state index < -0.39 is 0 Å². The smallest absolute Gasteiger partial charge is 0.207 e. The lowest BCUT2D eigenvalue weighted by Crippen LogP contribution is -3.00. The standard InChI is InChI=1S/C32H36NOS.BrH/c34-30(32-17-23-14-24(18-32)16-25(15-23)19-32)20-33-11-8-22(9-12-33)10-13-35-21-28-7-6-27-5-4-26-2-1-3-29(28)31(26)27;/h1-3,6-9,11-12,23-25H,4-5,10,13-21H2;1H/q+1;/p-1. The van der Waals surface area contributed by atoms with Crippen LogP contribution in [0.5, 0.6) is 0 Å². The van der Waals surface area contributed by atoms with E-state index in [9.17, 15) is 4.79 Å². The molecular formula is C32H36BrNOS. The number of carbonyl (C=O) groups is 1. The van der Waals surface area contributed by atoms with Crippen LogP contribution in [0.3, 0.4) is 0 Å². The van der Waals surface area contributed by atoms with Gasteiger partial charge in [0.05, 0.1) is 0 Å². The van der Waals surface area contributed by atoms with Gasteiger partial charge in [0.15, 0.2) is 12.4 Å². The van der Waals surface area contributed by atoms with Crippen LogP contribution in [0.2, 0.25) is 0 Å². The molecule has 0 unspecified atom stereocenters. The van der Waals surface area contributed by atoms with Crippen LogP contribution >= 0.6 is 11.8 Å². The first-order chi connectivity index (χ1) is 17.1. The highest BCUT2D eigenvalue weighted by molar-refractivity contribution is 7.98. The molecule has 4 bridgehead atoms. The average Bonchev–Trinajstić information content (AvgIpc) is 3.28. The Labute approximate surface area is 230 Å². The van der Waals surface area contributed by atoms with Gasteiger partial charge in [-0.1, -0.05) is 30.3 Å². The maximum Gasteiger partial charge on any atom is 0.207 e. The third kappa shape index (κ3) is 4.47. The summed E-state index contributed by atoms with van der Waals surface area (Å²) in [7, 11) is 0. The molecule has 5 aliphatic rings. The number of halogens is 1. The SMILES string of the molecule is O=C(C[n+]1ccc(CCSCc2ccc3c4c(cccc24)CC3)cc1)C12CC3CC(CC(C3)C1)C2.[Br-]. The average molecular weight is 563 g/mol. The molecule has 2 nitrogen and oxygen atoms in total. The van der Waals surface area contributed by atoms with Gasteiger partial charge in [-0.2, -0.15) is 16.3 Å². The minimum atomic E-state index is 0. The molecule has 0 spiro atoms. The molecule has 0 aliphatic heterocycles. The molecule has 0 amide bonds. The topological polar surface area (TPSA) is 20.9 Å². The molecule has 36 heavy (non-hydrogen) atoms. The lowest BCUT2D eigenvalue weighted by molar-refractivity contribution is -0.685. The first-order valence-corrected chi connectivity index (χ1v) is 14.9. The van der Waals surface area contributed by atoms with E-state index >= 15 is 0 Å². The molecule has 5 aliphatic carbocycles. The molecule has 1 heterocycles. The number of Topliss-reactive ketones (excluding diaryl/α,β-unsaturated/α-hetero) is 1. The summed E-state index contributed by atoms with van der Waals surface area (Å²) in [5.74, 6) is 5.21. The van der Waals surface area contributed by atoms with Crippen molar-refractivity contribution in [3.8, 4) is 0 Å². The lowest BCUT2D eigenvalue weighted by atomic mass is 9.48. The zero-order chi connectivity index (χ0) is 23.4. The van der Waals surface area contributed by atoms with Crippen LogP contribution in [0.25, 0.3) is 10.8 Å². The molecule has 4 saturated carbocycles. The van der Waals surface area contributed by atoms with E-state index in [1.54, 1.807) is 0 Å². The van der Waals surface area contributed by atoms with Crippen molar-refractivity contribution >= 4 is 28.3 Å². The second-order valence-electron chi connectivity index (χ2n) is 12.0. The Balaban J connectivity index is 0.00000240. The van der Waals surface area contributed by atoms with E-state index in [0.29, 0.717) is 12.3 Å². The summed E-state index contributed by atoms with van der Waals surface area (Å²) < 4.78 is 2.13. The van der Waals surface area contributed by atoms with Crippen molar-refractivity contribution in [2.75, 3.05) is 5.75 Å². The number of hydrogen-bond acceptors (Lipinski definition) is 2. The zero-order valence-corrected chi connectivity index (χ0v) is 23.5. The summed E-state index contributed by atoms with van der Waals surface area (Å²) in [6.45, 7) is 0.562. The molecule has 4 heteroatoms. The van der Waals surface area contributed by atoms with E-state index in [4.69, 9.17) is 0 Å². The van der Waals surface area contributed by atoms with Gasteiger partial charge in [0.2, 0.25) is 12.3 Å². The quantitative estimate of drug-likeness (QED) is 0.310. The van der Waals surface area contributed by atoms with Gasteiger partial charge >= 0.3 is 0 Å². The summed E-state index contributed by atoms with van der Waals surface area (Å²) in [6, 6.07) is 16.0. The first-order valence-electron chi connectivity index (χ1n) is 13.8. The summed E-state index contributed by atoms with van der Waals surface area (Å²) >= 11 is 2.03. The van der Waals surface area contributed by atoms with Crippen LogP contribution in [0.4, 0.5) is 0 Å². The summed E-state index contributed by atoms with van der Waals surface area (Å²) in [6.07, 6.45) is 15.5. The fourth-order valence-corrected chi connectivity index (χ4v) is 9.35. The Kier molecular flexibility index (Phi) is 6.79. The number of hydrogen-bond donors (Lipinski definition) is 0. The predicted octanol–water partition coefficient (Wildman–Crippen LogP) is 3.49. The van der Waals surface area contributed by atoms with Crippen LogP contribution in [-0.2, 0) is 36.4 Å². The highest BCUT2D eigenvalue weighted by Gasteiger charge is 2.54. The molecule has 1 aromatic heterocycles. The van der Waals surface area contributed by atoms with Crippen molar-refractivity contribution in [3.05, 3.63) is 77.1 Å². The van der Waals surface area contributed by atoms with Crippen molar-refractivity contribution in [3.63, 3.8) is 0 Å². The lowest BCUT2D eigenvalue weighted by Gasteiger charge is -2.55. The number of aromatic nitrogens is 1. The van der Waals surface area contributed by atoms with Crippen molar-refractivity contribution in [2.45, 2.75) is 70.1 Å². The van der Waals surface area contributed by atoms with E-state index in [2.05, 4.69) is 59.4 Å². The minimum absolute atomic E-state index is 0. The number of benzene rings is 2. The van der Waals surface area contributed by atoms with Gasteiger partial charge in [0.1, 0.15) is 0 Å². The molecule has 8 rings (SSSR count). The Morgan fingerprint density at radius 3 is 2.25 bits per heavy atom. The second kappa shape index (κ2) is 9.91. The molecule has 4 fully saturated rings. The van der Waals surface area contributed by atoms with Crippen LogP contribution in [0.15, 0.2) is 54.9 Å². The molecule has 0 saturated heterocycles. The third-order valence-electron chi connectivity index (χ3n) is 9.68. The third-order valence-corrected chi connectivity index (χ3v) is 10.7. The van der Waals surface area contributed by atoms with Crippen LogP contribution in [-0.4, -0.2) is 11.5 Å². The number of ketones is 1. The fraction of sp³-hybridized carbons (Fsp3) is 0.500. The maximum absolute atomic E-state index is 13.4. The number of nitrogens with zero attached hydrogens (tertiary/aromatic N) is 1. The van der Waals surface area contributed by atoms with Crippen LogP contribution < -0.4 is 21.5 Å². The molecule has 2 aromatic carbocycles. The summed E-state index contributed by atoms with van der Waals surface area (Å²) in [5, 5.41) is 3.00. The summed E-state index contributed by atoms with van der Waals surface area (Å²) in [4.78, 5) is 13.4. The predicted molar refractivity (Wildman–Crippen MR) is 143 cm³/mol. The van der Waals surface area contributed by atoms with E-state index in [1.165, 1.54) is 84.4 Å². The molecule has 0 N–H and O–H groups in total. The van der Waals surface area contributed by atoms with Gasteiger partial charge in [-0.25, -0.2) is 0 Å². The molecular weight excluding hydrogens is 526 g/mol. The van der Waals surface area contributed by atoms with Crippen molar-refractivity contribution in [1.82, 2.24) is 0 Å². The van der Waals surface area contributed by atoms with Gasteiger partial charge in [-0.05, 0) is 114 Å². The highest BCUT2D eigenvalue weighted by Crippen LogP contribution is 2.60. The van der Waals surface area contributed by atoms with Crippen LogP contribution in [0, 0.1) is 23.2 Å². The van der Waals surface area contributed by atoms with E-state index in [1.807, 2.05) is 11.8 Å². The minimum Gasteiger partial charge on any atom is -1.00 e. The Hall–Kier alpha value is -1.65. The van der Waals surface area contributed by atoms with Crippen LogP contribution in [0.1, 0.15) is 60.8 Å². The van der Waals surface area contributed by atoms with E-state index in [-0.39, 0.29) is 22.4 Å².